The molecule has 1 aromatic carbocycles. The lowest BCUT2D eigenvalue weighted by Crippen LogP contribution is -2.78. The molecule has 1 N–H and O–H groups in total. The van der Waals surface area contributed by atoms with Crippen LogP contribution in [-0.2, 0) is 10.2 Å². The van der Waals surface area contributed by atoms with Crippen molar-refractivity contribution in [3.05, 3.63) is 23.8 Å². The van der Waals surface area contributed by atoms with Crippen molar-refractivity contribution in [1.29, 1.82) is 0 Å². The van der Waals surface area contributed by atoms with E-state index in [0.29, 0.717) is 12.0 Å². The molecule has 29 heavy (non-hydrogen) atoms. The van der Waals surface area contributed by atoms with Crippen LogP contribution in [0.25, 0.3) is 0 Å². The van der Waals surface area contributed by atoms with E-state index >= 15 is 0 Å². The fraction of sp³-hybridized carbons (Fsp3) is 0.696. The van der Waals surface area contributed by atoms with E-state index in [1.165, 1.54) is 12.0 Å². The summed E-state index contributed by atoms with van der Waals surface area (Å²) in [5.74, 6) is 1.17. The Morgan fingerprint density at radius 3 is 2.79 bits per heavy atom. The van der Waals surface area contributed by atoms with Gasteiger partial charge >= 0.3 is 0 Å². The number of ether oxygens (including phenoxy) is 1. The Morgan fingerprint density at radius 2 is 2.00 bits per heavy atom. The zero-order valence-electron chi connectivity index (χ0n) is 17.6. The molecule has 0 aromatic heterocycles. The molecule has 1 saturated carbocycles. The van der Waals surface area contributed by atoms with Crippen LogP contribution in [0.4, 0.5) is 5.69 Å². The molecule has 1 aliphatic carbocycles. The fourth-order valence-corrected chi connectivity index (χ4v) is 8.17. The van der Waals surface area contributed by atoms with Crippen molar-refractivity contribution >= 4 is 11.6 Å². The van der Waals surface area contributed by atoms with Gasteiger partial charge in [-0.2, -0.15) is 0 Å². The first-order valence-corrected chi connectivity index (χ1v) is 11.1. The maximum absolute atomic E-state index is 13.6. The molecule has 3 saturated heterocycles. The number of benzene rings is 1. The van der Waals surface area contributed by atoms with Crippen LogP contribution in [0, 0.1) is 11.8 Å². The summed E-state index contributed by atoms with van der Waals surface area (Å²) >= 11 is 0. The third-order valence-corrected chi connectivity index (χ3v) is 9.05. The minimum atomic E-state index is -1.33. The van der Waals surface area contributed by atoms with Crippen molar-refractivity contribution in [2.45, 2.75) is 48.8 Å². The average molecular weight is 398 g/mol. The Kier molecular flexibility index (Phi) is 3.52. The summed E-state index contributed by atoms with van der Waals surface area (Å²) in [7, 11) is 5.61. The topological polar surface area (TPSA) is 56.3 Å². The molecule has 4 heterocycles. The van der Waals surface area contributed by atoms with E-state index in [-0.39, 0.29) is 23.3 Å². The predicted octanol–water partition coefficient (Wildman–Crippen LogP) is 1.46. The first kappa shape index (κ1) is 18.0. The molecule has 1 aromatic rings. The quantitative estimate of drug-likeness (QED) is 0.778. The number of carbonyl (C=O) groups excluding carboxylic acids is 1. The van der Waals surface area contributed by atoms with E-state index in [1.807, 2.05) is 7.05 Å². The smallest absolute Gasteiger partial charge is 0.256 e. The second-order valence-corrected chi connectivity index (χ2v) is 9.92. The van der Waals surface area contributed by atoms with E-state index < -0.39 is 5.60 Å². The molecular formula is C23H31N3O3. The van der Waals surface area contributed by atoms with Crippen LogP contribution < -0.4 is 9.64 Å². The van der Waals surface area contributed by atoms with Crippen molar-refractivity contribution in [3.63, 3.8) is 0 Å². The van der Waals surface area contributed by atoms with Crippen molar-refractivity contribution in [2.24, 2.45) is 11.8 Å². The summed E-state index contributed by atoms with van der Waals surface area (Å²) in [5.41, 5.74) is 0.900. The number of fused-ring (bicyclic) bond motifs is 4. The van der Waals surface area contributed by atoms with Gasteiger partial charge in [0.1, 0.15) is 5.75 Å². The zero-order chi connectivity index (χ0) is 20.1. The van der Waals surface area contributed by atoms with Crippen molar-refractivity contribution < 1.29 is 14.6 Å². The molecular weight excluding hydrogens is 366 g/mol. The summed E-state index contributed by atoms with van der Waals surface area (Å²) in [5, 5.41) is 12.3. The second-order valence-electron chi connectivity index (χ2n) is 9.92. The average Bonchev–Trinajstić information content (AvgIpc) is 3.23. The molecule has 1 amide bonds. The van der Waals surface area contributed by atoms with Crippen molar-refractivity contribution in [2.75, 3.05) is 45.7 Å². The SMILES string of the molecule is COc1ccc2c(c1)N(C)[C@H]1[C@@]3(O)C(=O)N(C)CC[C@@H]3[C@@H]3CCCN4CC[C@]21[C@H]34. The first-order valence-electron chi connectivity index (χ1n) is 11.1. The highest BCUT2D eigenvalue weighted by atomic mass is 16.5. The third-order valence-electron chi connectivity index (χ3n) is 9.05. The molecule has 0 unspecified atom stereocenters. The van der Waals surface area contributed by atoms with Gasteiger partial charge in [-0.25, -0.2) is 0 Å². The molecule has 6 heteroatoms. The van der Waals surface area contributed by atoms with Crippen LogP contribution in [0.15, 0.2) is 18.2 Å². The number of piperidine rings is 2. The highest BCUT2D eigenvalue weighted by Crippen LogP contribution is 2.65. The van der Waals surface area contributed by atoms with Crippen molar-refractivity contribution in [3.8, 4) is 5.75 Å². The van der Waals surface area contributed by atoms with Gasteiger partial charge in [-0.3, -0.25) is 9.69 Å². The number of carbonyl (C=O) groups is 1. The molecule has 1 spiro atoms. The Balaban J connectivity index is 1.62. The highest BCUT2D eigenvalue weighted by Gasteiger charge is 2.75. The molecule has 4 aliphatic heterocycles. The monoisotopic (exact) mass is 397 g/mol. The number of nitrogens with zero attached hydrogens (tertiary/aromatic N) is 3. The van der Waals surface area contributed by atoms with Gasteiger partial charge in [-0.15, -0.1) is 0 Å². The molecule has 6 nitrogen and oxygen atoms in total. The lowest BCUT2D eigenvalue weighted by Gasteiger charge is -2.63. The normalized spacial score (nSPS) is 43.0. The maximum Gasteiger partial charge on any atom is 0.256 e. The molecule has 4 fully saturated rings. The minimum Gasteiger partial charge on any atom is -0.497 e. The Bertz CT molecular complexity index is 890. The summed E-state index contributed by atoms with van der Waals surface area (Å²) in [6.07, 6.45) is 4.20. The Morgan fingerprint density at radius 1 is 1.17 bits per heavy atom. The third kappa shape index (κ3) is 1.89. The molecule has 0 radical (unpaired) electrons. The van der Waals surface area contributed by atoms with E-state index in [1.54, 1.807) is 12.0 Å². The second kappa shape index (κ2) is 5.67. The number of likely N-dealkylation sites (N-methyl/N-ethyl adjacent to an activating group) is 2. The molecule has 156 valence electrons. The van der Waals surface area contributed by atoms with Gasteiger partial charge in [0.25, 0.3) is 5.91 Å². The number of likely N-dealkylation sites (tertiary alicyclic amines) is 1. The molecule has 6 rings (SSSR count). The summed E-state index contributed by atoms with van der Waals surface area (Å²) in [6.45, 7) is 2.95. The van der Waals surface area contributed by atoms with Crippen LogP contribution in [0.2, 0.25) is 0 Å². The van der Waals surface area contributed by atoms with E-state index in [9.17, 15) is 9.90 Å². The number of aliphatic hydroxyl groups is 1. The van der Waals surface area contributed by atoms with Crippen LogP contribution in [-0.4, -0.2) is 79.3 Å². The van der Waals surface area contributed by atoms with Gasteiger partial charge in [0, 0.05) is 49.8 Å². The van der Waals surface area contributed by atoms with Gasteiger partial charge in [-0.05, 0) is 56.3 Å². The Hall–Kier alpha value is -1.79. The number of anilines is 1. The summed E-state index contributed by atoms with van der Waals surface area (Å²) < 4.78 is 5.52. The minimum absolute atomic E-state index is 0.0360. The summed E-state index contributed by atoms with van der Waals surface area (Å²) in [6, 6.07) is 6.55. The number of rotatable bonds is 1. The van der Waals surface area contributed by atoms with Crippen LogP contribution in [0.1, 0.15) is 31.2 Å². The van der Waals surface area contributed by atoms with Crippen LogP contribution in [0.5, 0.6) is 5.75 Å². The van der Waals surface area contributed by atoms with E-state index in [0.717, 1.165) is 50.3 Å². The largest absolute Gasteiger partial charge is 0.497 e. The standard InChI is InChI=1S/C23H31N3O3/c1-24-11-8-16-15-5-4-10-26-12-9-22(19(15)26)17-7-6-14(29-3)13-18(17)25(2)20(22)23(16,28)21(24)27/h6-7,13,15-16,19-20,28H,4-5,8-12H2,1-3H3/t15-,16+,19-,20+,22+,23+/m0/s1. The van der Waals surface area contributed by atoms with E-state index in [4.69, 9.17) is 4.74 Å². The number of hydrogen-bond acceptors (Lipinski definition) is 5. The van der Waals surface area contributed by atoms with Gasteiger partial charge in [-0.1, -0.05) is 6.07 Å². The van der Waals surface area contributed by atoms with E-state index in [2.05, 4.69) is 35.0 Å². The molecule has 6 atom stereocenters. The van der Waals surface area contributed by atoms with Crippen molar-refractivity contribution in [1.82, 2.24) is 9.80 Å². The van der Waals surface area contributed by atoms with Crippen LogP contribution in [0.3, 0.4) is 0 Å². The Labute approximate surface area is 172 Å². The van der Waals surface area contributed by atoms with Crippen LogP contribution >= 0.6 is 0 Å². The predicted molar refractivity (Wildman–Crippen MR) is 110 cm³/mol. The van der Waals surface area contributed by atoms with Gasteiger partial charge in [0.05, 0.1) is 13.2 Å². The first-order chi connectivity index (χ1) is 13.9. The van der Waals surface area contributed by atoms with Gasteiger partial charge in [0.2, 0.25) is 0 Å². The number of hydrogen-bond donors (Lipinski definition) is 1. The number of amides is 1. The highest BCUT2D eigenvalue weighted by molar-refractivity contribution is 5.90. The zero-order valence-corrected chi connectivity index (χ0v) is 17.6. The lowest BCUT2D eigenvalue weighted by molar-refractivity contribution is -0.192. The molecule has 0 bridgehead atoms. The fourth-order valence-electron chi connectivity index (χ4n) is 8.17. The number of methoxy groups -OCH3 is 1. The molecule has 5 aliphatic rings. The van der Waals surface area contributed by atoms with Gasteiger partial charge in [0.15, 0.2) is 5.60 Å². The maximum atomic E-state index is 13.6. The summed E-state index contributed by atoms with van der Waals surface area (Å²) in [4.78, 5) is 20.3. The lowest BCUT2D eigenvalue weighted by atomic mass is 9.49. The van der Waals surface area contributed by atoms with Gasteiger partial charge < -0.3 is 19.6 Å².